The van der Waals surface area contributed by atoms with Crippen LogP contribution in [0.5, 0.6) is 0 Å². The summed E-state index contributed by atoms with van der Waals surface area (Å²) < 4.78 is 4.97. The summed E-state index contributed by atoms with van der Waals surface area (Å²) in [6, 6.07) is 4.11. The monoisotopic (exact) mass is 291 g/mol. The molecule has 0 saturated carbocycles. The molecule has 1 aliphatic rings. The minimum Gasteiger partial charge on any atom is -0.340 e. The zero-order chi connectivity index (χ0) is 13.9. The van der Waals surface area contributed by atoms with Crippen molar-refractivity contribution in [2.45, 2.75) is 38.6 Å². The molecule has 0 spiro atoms. The van der Waals surface area contributed by atoms with Gasteiger partial charge in [0, 0.05) is 25.9 Å². The first-order chi connectivity index (χ1) is 9.74. The predicted molar refractivity (Wildman–Crippen MR) is 75.7 cm³/mol. The number of nitrogens with zero attached hydrogens (tertiary/aromatic N) is 3. The van der Waals surface area contributed by atoms with Gasteiger partial charge in [-0.05, 0) is 30.7 Å². The third-order valence-electron chi connectivity index (χ3n) is 3.64. The Balaban J connectivity index is 1.62. The fourth-order valence-corrected chi connectivity index (χ4v) is 3.36. The van der Waals surface area contributed by atoms with Gasteiger partial charge in [-0.15, -0.1) is 11.3 Å². The van der Waals surface area contributed by atoms with Crippen molar-refractivity contribution in [1.82, 2.24) is 15.0 Å². The van der Waals surface area contributed by atoms with E-state index in [1.807, 2.05) is 22.4 Å². The van der Waals surface area contributed by atoms with Crippen LogP contribution in [0.3, 0.4) is 0 Å². The van der Waals surface area contributed by atoms with Crippen molar-refractivity contribution in [3.05, 3.63) is 34.1 Å². The molecule has 20 heavy (non-hydrogen) atoms. The number of hydrogen-bond acceptors (Lipinski definition) is 5. The lowest BCUT2D eigenvalue weighted by molar-refractivity contribution is 0.0735. The molecule has 0 aromatic carbocycles. The quantitative estimate of drug-likeness (QED) is 0.869. The van der Waals surface area contributed by atoms with Crippen molar-refractivity contribution in [2.75, 3.05) is 6.54 Å². The fraction of sp³-hybridized carbons (Fsp3) is 0.500. The molecular weight excluding hydrogens is 274 g/mol. The molecule has 2 aromatic heterocycles. The molecule has 106 valence electrons. The van der Waals surface area contributed by atoms with Crippen molar-refractivity contribution >= 4 is 17.2 Å². The standard InChI is InChI=1S/C14H17N3O2S/c1-10-15-13(16-19-10)7-6-11-4-2-8-17(11)14(18)12-5-3-9-20-12/h3,5,9,11H,2,4,6-8H2,1H3. The van der Waals surface area contributed by atoms with Crippen LogP contribution >= 0.6 is 11.3 Å². The van der Waals surface area contributed by atoms with E-state index in [2.05, 4.69) is 10.1 Å². The van der Waals surface area contributed by atoms with E-state index < -0.39 is 0 Å². The highest BCUT2D eigenvalue weighted by atomic mass is 32.1. The van der Waals surface area contributed by atoms with Crippen molar-refractivity contribution in [3.63, 3.8) is 0 Å². The Bertz CT molecular complexity index is 579. The topological polar surface area (TPSA) is 59.2 Å². The Morgan fingerprint density at radius 1 is 1.60 bits per heavy atom. The summed E-state index contributed by atoms with van der Waals surface area (Å²) in [6.45, 7) is 2.64. The van der Waals surface area contributed by atoms with Gasteiger partial charge >= 0.3 is 0 Å². The molecule has 1 aliphatic heterocycles. The van der Waals surface area contributed by atoms with E-state index in [4.69, 9.17) is 4.52 Å². The van der Waals surface area contributed by atoms with Crippen molar-refractivity contribution in [2.24, 2.45) is 0 Å². The van der Waals surface area contributed by atoms with Crippen molar-refractivity contribution in [1.29, 1.82) is 0 Å². The van der Waals surface area contributed by atoms with E-state index in [0.29, 0.717) is 11.9 Å². The lowest BCUT2D eigenvalue weighted by Gasteiger charge is -2.23. The Labute approximate surface area is 121 Å². The molecule has 1 saturated heterocycles. The molecule has 3 heterocycles. The fourth-order valence-electron chi connectivity index (χ4n) is 2.68. The second kappa shape index (κ2) is 5.75. The van der Waals surface area contributed by atoms with Crippen LogP contribution in [0.25, 0.3) is 0 Å². The molecule has 0 bridgehead atoms. The molecule has 5 nitrogen and oxygen atoms in total. The Kier molecular flexibility index (Phi) is 3.82. The van der Waals surface area contributed by atoms with Crippen LogP contribution in [-0.4, -0.2) is 33.5 Å². The number of rotatable bonds is 4. The van der Waals surface area contributed by atoms with Gasteiger partial charge in [-0.3, -0.25) is 4.79 Å². The highest BCUT2D eigenvalue weighted by molar-refractivity contribution is 7.12. The number of aromatic nitrogens is 2. The lowest BCUT2D eigenvalue weighted by atomic mass is 10.1. The van der Waals surface area contributed by atoms with Gasteiger partial charge in [-0.1, -0.05) is 11.2 Å². The van der Waals surface area contributed by atoms with Gasteiger partial charge in [0.15, 0.2) is 5.82 Å². The Hall–Kier alpha value is -1.69. The molecule has 1 fully saturated rings. The third kappa shape index (κ3) is 2.75. The smallest absolute Gasteiger partial charge is 0.264 e. The highest BCUT2D eigenvalue weighted by Crippen LogP contribution is 2.25. The number of carbonyl (C=O) groups excluding carboxylic acids is 1. The minimum atomic E-state index is 0.159. The second-order valence-electron chi connectivity index (χ2n) is 5.04. The molecule has 1 atom stereocenters. The van der Waals surface area contributed by atoms with Crippen molar-refractivity contribution < 1.29 is 9.32 Å². The Morgan fingerprint density at radius 2 is 2.50 bits per heavy atom. The van der Waals surface area contributed by atoms with Gasteiger partial charge in [0.1, 0.15) is 0 Å². The normalized spacial score (nSPS) is 18.6. The van der Waals surface area contributed by atoms with Crippen LogP contribution in [0.4, 0.5) is 0 Å². The number of thiophene rings is 1. The van der Waals surface area contributed by atoms with Gasteiger partial charge in [0.2, 0.25) is 5.89 Å². The van der Waals surface area contributed by atoms with Gasteiger partial charge in [0.25, 0.3) is 5.91 Å². The van der Waals surface area contributed by atoms with Crippen LogP contribution in [0.2, 0.25) is 0 Å². The van der Waals surface area contributed by atoms with Gasteiger partial charge in [-0.2, -0.15) is 4.98 Å². The zero-order valence-corrected chi connectivity index (χ0v) is 12.2. The van der Waals surface area contributed by atoms with Crippen LogP contribution < -0.4 is 0 Å². The number of aryl methyl sites for hydroxylation is 2. The van der Waals surface area contributed by atoms with Crippen LogP contribution in [0.1, 0.15) is 40.6 Å². The summed E-state index contributed by atoms with van der Waals surface area (Å²) in [6.07, 6.45) is 3.80. The summed E-state index contributed by atoms with van der Waals surface area (Å²) in [5, 5.41) is 5.85. The molecule has 0 aliphatic carbocycles. The van der Waals surface area contributed by atoms with Gasteiger partial charge in [0.05, 0.1) is 4.88 Å². The minimum absolute atomic E-state index is 0.159. The SMILES string of the molecule is Cc1nc(CCC2CCCN2C(=O)c2cccs2)no1. The summed E-state index contributed by atoms with van der Waals surface area (Å²) in [4.78, 5) is 19.5. The molecule has 6 heteroatoms. The first kappa shape index (κ1) is 13.3. The lowest BCUT2D eigenvalue weighted by Crippen LogP contribution is -2.35. The summed E-state index contributed by atoms with van der Waals surface area (Å²) >= 11 is 1.51. The maximum Gasteiger partial charge on any atom is 0.264 e. The first-order valence-corrected chi connectivity index (χ1v) is 7.75. The average Bonchev–Trinajstić information content (AvgIpc) is 3.17. The molecule has 2 aromatic rings. The molecular formula is C14H17N3O2S. The molecule has 1 amide bonds. The maximum atomic E-state index is 12.4. The van der Waals surface area contributed by atoms with E-state index in [-0.39, 0.29) is 5.91 Å². The summed E-state index contributed by atoms with van der Waals surface area (Å²) in [5.74, 6) is 1.49. The van der Waals surface area contributed by atoms with E-state index in [1.54, 1.807) is 6.92 Å². The zero-order valence-electron chi connectivity index (χ0n) is 11.4. The largest absolute Gasteiger partial charge is 0.340 e. The maximum absolute atomic E-state index is 12.4. The molecule has 1 unspecified atom stereocenters. The summed E-state index contributed by atoms with van der Waals surface area (Å²) in [7, 11) is 0. The van der Waals surface area contributed by atoms with E-state index in [9.17, 15) is 4.79 Å². The number of carbonyl (C=O) groups is 1. The second-order valence-corrected chi connectivity index (χ2v) is 5.99. The number of likely N-dealkylation sites (tertiary alicyclic amines) is 1. The molecule has 0 N–H and O–H groups in total. The summed E-state index contributed by atoms with van der Waals surface area (Å²) in [5.41, 5.74) is 0. The van der Waals surface area contributed by atoms with Crippen LogP contribution in [0, 0.1) is 6.92 Å². The number of amides is 1. The van der Waals surface area contributed by atoms with Crippen molar-refractivity contribution in [3.8, 4) is 0 Å². The molecule has 3 rings (SSSR count). The predicted octanol–water partition coefficient (Wildman–Crippen LogP) is 2.68. The van der Waals surface area contributed by atoms with E-state index >= 15 is 0 Å². The van der Waals surface area contributed by atoms with Gasteiger partial charge < -0.3 is 9.42 Å². The number of hydrogen-bond donors (Lipinski definition) is 0. The average molecular weight is 291 g/mol. The van der Waals surface area contributed by atoms with E-state index in [0.717, 1.165) is 42.9 Å². The van der Waals surface area contributed by atoms with E-state index in [1.165, 1.54) is 11.3 Å². The first-order valence-electron chi connectivity index (χ1n) is 6.87. The van der Waals surface area contributed by atoms with Gasteiger partial charge in [-0.25, -0.2) is 0 Å². The van der Waals surface area contributed by atoms with Crippen LogP contribution in [0.15, 0.2) is 22.0 Å². The van der Waals surface area contributed by atoms with Crippen LogP contribution in [-0.2, 0) is 6.42 Å². The highest BCUT2D eigenvalue weighted by Gasteiger charge is 2.29. The molecule has 0 radical (unpaired) electrons. The third-order valence-corrected chi connectivity index (χ3v) is 4.50. The Morgan fingerprint density at radius 3 is 3.20 bits per heavy atom.